The van der Waals surface area contributed by atoms with Crippen molar-refractivity contribution in [2.75, 3.05) is 0 Å². The van der Waals surface area contributed by atoms with Gasteiger partial charge in [0.2, 0.25) is 0 Å². The van der Waals surface area contributed by atoms with Crippen molar-refractivity contribution < 1.29 is 22.8 Å². The molecular weight excluding hydrogens is 425 g/mol. The van der Waals surface area contributed by atoms with Gasteiger partial charge < -0.3 is 0 Å². The molecule has 0 aliphatic carbocycles. The Morgan fingerprint density at radius 1 is 0.968 bits per heavy atom. The van der Waals surface area contributed by atoms with Gasteiger partial charge >= 0.3 is 6.18 Å². The lowest BCUT2D eigenvalue weighted by molar-refractivity contribution is -0.137. The number of hydrogen-bond acceptors (Lipinski definition) is 4. The zero-order valence-electron chi connectivity index (χ0n) is 17.8. The lowest BCUT2D eigenvalue weighted by Gasteiger charge is -2.21. The molecule has 4 nitrogen and oxygen atoms in total. The van der Waals surface area contributed by atoms with Crippen molar-refractivity contribution in [3.05, 3.63) is 71.3 Å². The first-order chi connectivity index (χ1) is 14.4. The van der Waals surface area contributed by atoms with Crippen LogP contribution in [0.25, 0.3) is 0 Å². The van der Waals surface area contributed by atoms with Crippen LogP contribution in [0.2, 0.25) is 0 Å². The lowest BCUT2D eigenvalue weighted by atomic mass is 10.0. The number of rotatable bonds is 8. The van der Waals surface area contributed by atoms with E-state index in [1.165, 1.54) is 11.8 Å². The summed E-state index contributed by atoms with van der Waals surface area (Å²) in [6.45, 7) is 5.86. The smallest absolute Gasteiger partial charge is 0.287 e. The fourth-order valence-corrected chi connectivity index (χ4v) is 3.81. The highest BCUT2D eigenvalue weighted by Crippen LogP contribution is 2.29. The largest absolute Gasteiger partial charge is 0.416 e. The van der Waals surface area contributed by atoms with Crippen LogP contribution in [0.5, 0.6) is 0 Å². The lowest BCUT2D eigenvalue weighted by Crippen LogP contribution is -2.45. The third-order valence-corrected chi connectivity index (χ3v) is 5.33. The number of alkyl halides is 3. The second-order valence-corrected chi connectivity index (χ2v) is 10.1. The van der Waals surface area contributed by atoms with Crippen LogP contribution < -0.4 is 10.9 Å². The predicted octanol–water partition coefficient (Wildman–Crippen LogP) is 5.39. The Hall–Kier alpha value is -2.32. The summed E-state index contributed by atoms with van der Waals surface area (Å²) in [4.78, 5) is 24.8. The van der Waals surface area contributed by atoms with Crippen LogP contribution in [0.4, 0.5) is 13.2 Å². The zero-order chi connectivity index (χ0) is 23.1. The summed E-state index contributed by atoms with van der Waals surface area (Å²) < 4.78 is 37.9. The van der Waals surface area contributed by atoms with Crippen LogP contribution in [0.1, 0.15) is 55.1 Å². The molecule has 2 rings (SSSR count). The van der Waals surface area contributed by atoms with Crippen molar-refractivity contribution in [3.8, 4) is 0 Å². The number of amides is 1. The van der Waals surface area contributed by atoms with E-state index in [1.54, 1.807) is 0 Å². The summed E-state index contributed by atoms with van der Waals surface area (Å²) >= 11 is 1.24. The molecule has 0 aliphatic rings. The molecule has 0 spiro atoms. The molecule has 31 heavy (non-hydrogen) atoms. The second-order valence-electron chi connectivity index (χ2n) is 8.19. The van der Waals surface area contributed by atoms with Gasteiger partial charge in [0.1, 0.15) is 0 Å². The number of benzene rings is 2. The van der Waals surface area contributed by atoms with E-state index in [9.17, 15) is 22.8 Å². The number of aryl methyl sites for hydroxylation is 1. The average molecular weight is 453 g/mol. The first-order valence-electron chi connectivity index (χ1n) is 9.93. The maximum atomic E-state index is 12.7. The number of nitrogens with one attached hydrogen (secondary N) is 2. The van der Waals surface area contributed by atoms with Crippen molar-refractivity contribution in [1.82, 2.24) is 10.9 Å². The van der Waals surface area contributed by atoms with Gasteiger partial charge in [-0.15, -0.1) is 0 Å². The summed E-state index contributed by atoms with van der Waals surface area (Å²) in [6, 6.07) is 13.4. The average Bonchev–Trinajstić information content (AvgIpc) is 2.68. The second kappa shape index (κ2) is 10.8. The van der Waals surface area contributed by atoms with Gasteiger partial charge in [-0.05, 0) is 42.7 Å². The van der Waals surface area contributed by atoms with Crippen molar-refractivity contribution >= 4 is 22.8 Å². The topological polar surface area (TPSA) is 58.2 Å². The van der Waals surface area contributed by atoms with E-state index in [1.807, 2.05) is 51.1 Å². The number of hydrazine groups is 1. The van der Waals surface area contributed by atoms with Gasteiger partial charge in [-0.2, -0.15) is 13.2 Å². The predicted molar refractivity (Wildman–Crippen MR) is 118 cm³/mol. The SMILES string of the molecule is CC(C)(C)SC(=O)CC(CCc1ccccc1)NNC(=O)c1ccc(C(F)(F)F)cc1. The number of carbonyl (C=O) groups is 2. The molecule has 0 bridgehead atoms. The highest BCUT2D eigenvalue weighted by molar-refractivity contribution is 8.14. The Morgan fingerprint density at radius 3 is 2.13 bits per heavy atom. The minimum absolute atomic E-state index is 0.00170. The minimum Gasteiger partial charge on any atom is -0.287 e. The van der Waals surface area contributed by atoms with Gasteiger partial charge in [-0.3, -0.25) is 15.0 Å². The van der Waals surface area contributed by atoms with E-state index in [0.29, 0.717) is 12.8 Å². The Labute approximate surface area is 185 Å². The molecule has 0 aromatic heterocycles. The van der Waals surface area contributed by atoms with Crippen LogP contribution in [0, 0.1) is 0 Å². The molecule has 1 atom stereocenters. The maximum Gasteiger partial charge on any atom is 0.416 e. The molecule has 2 aromatic rings. The molecule has 0 saturated carbocycles. The first kappa shape index (κ1) is 24.9. The monoisotopic (exact) mass is 452 g/mol. The van der Waals surface area contributed by atoms with E-state index in [-0.39, 0.29) is 27.9 Å². The quantitative estimate of drug-likeness (QED) is 0.528. The molecule has 168 valence electrons. The van der Waals surface area contributed by atoms with Gasteiger partial charge in [0.05, 0.1) is 5.56 Å². The van der Waals surface area contributed by atoms with E-state index >= 15 is 0 Å². The van der Waals surface area contributed by atoms with Crippen molar-refractivity contribution in [1.29, 1.82) is 0 Å². The molecule has 0 aliphatic heterocycles. The van der Waals surface area contributed by atoms with Crippen molar-refractivity contribution in [2.24, 2.45) is 0 Å². The standard InChI is InChI=1S/C23H27F3N2O2S/c1-22(2,3)31-20(29)15-19(14-9-16-7-5-4-6-8-16)27-28-21(30)17-10-12-18(13-11-17)23(24,25)26/h4-8,10-13,19,27H,9,14-15H2,1-3H3,(H,28,30). The van der Waals surface area contributed by atoms with Gasteiger partial charge in [0.25, 0.3) is 5.91 Å². The van der Waals surface area contributed by atoms with Gasteiger partial charge in [-0.25, -0.2) is 5.43 Å². The van der Waals surface area contributed by atoms with Gasteiger partial charge in [-0.1, -0.05) is 62.9 Å². The fourth-order valence-electron chi connectivity index (χ4n) is 2.85. The molecule has 2 N–H and O–H groups in total. The fraction of sp³-hybridized carbons (Fsp3) is 0.391. The van der Waals surface area contributed by atoms with Gasteiger partial charge in [0, 0.05) is 22.8 Å². The molecule has 0 heterocycles. The highest BCUT2D eigenvalue weighted by atomic mass is 32.2. The minimum atomic E-state index is -4.46. The van der Waals surface area contributed by atoms with E-state index in [2.05, 4.69) is 10.9 Å². The summed E-state index contributed by atoms with van der Waals surface area (Å²) in [5.74, 6) is -0.561. The third kappa shape index (κ3) is 9.14. The maximum absolute atomic E-state index is 12.7. The Balaban J connectivity index is 1.99. The van der Waals surface area contributed by atoms with Crippen LogP contribution in [0.15, 0.2) is 54.6 Å². The van der Waals surface area contributed by atoms with E-state index in [0.717, 1.165) is 29.8 Å². The molecule has 8 heteroatoms. The molecule has 0 radical (unpaired) electrons. The van der Waals surface area contributed by atoms with Crippen molar-refractivity contribution in [2.45, 2.75) is 57.0 Å². The number of carbonyl (C=O) groups excluding carboxylic acids is 2. The normalized spacial score (nSPS) is 13.0. The summed E-state index contributed by atoms with van der Waals surface area (Å²) in [7, 11) is 0. The van der Waals surface area contributed by atoms with Crippen molar-refractivity contribution in [3.63, 3.8) is 0 Å². The van der Waals surface area contributed by atoms with Crippen LogP contribution in [0.3, 0.4) is 0 Å². The van der Waals surface area contributed by atoms with Crippen LogP contribution in [-0.4, -0.2) is 21.8 Å². The van der Waals surface area contributed by atoms with Crippen LogP contribution in [-0.2, 0) is 17.4 Å². The Morgan fingerprint density at radius 2 is 1.58 bits per heavy atom. The van der Waals surface area contributed by atoms with E-state index in [4.69, 9.17) is 0 Å². The summed E-state index contributed by atoms with van der Waals surface area (Å²) in [5, 5.41) is 0.00170. The molecule has 0 fully saturated rings. The number of hydrogen-bond donors (Lipinski definition) is 2. The molecule has 1 amide bonds. The number of thioether (sulfide) groups is 1. The summed E-state index contributed by atoms with van der Waals surface area (Å²) in [5.41, 5.74) is 5.81. The third-order valence-electron chi connectivity index (χ3n) is 4.32. The molecular formula is C23H27F3N2O2S. The molecule has 0 saturated heterocycles. The Bertz CT molecular complexity index is 863. The zero-order valence-corrected chi connectivity index (χ0v) is 18.6. The summed E-state index contributed by atoms with van der Waals surface area (Å²) in [6.07, 6.45) is -2.93. The Kier molecular flexibility index (Phi) is 8.70. The van der Waals surface area contributed by atoms with Crippen LogP contribution >= 0.6 is 11.8 Å². The molecule has 1 unspecified atom stereocenters. The van der Waals surface area contributed by atoms with Gasteiger partial charge in [0.15, 0.2) is 5.12 Å². The highest BCUT2D eigenvalue weighted by Gasteiger charge is 2.30. The first-order valence-corrected chi connectivity index (χ1v) is 10.7. The molecule has 2 aromatic carbocycles. The van der Waals surface area contributed by atoms with E-state index < -0.39 is 17.6 Å². The number of halogens is 3.